The lowest BCUT2D eigenvalue weighted by atomic mass is 10.2. The number of rotatable bonds is 6. The van der Waals surface area contributed by atoms with Gasteiger partial charge in [-0.3, -0.25) is 0 Å². The summed E-state index contributed by atoms with van der Waals surface area (Å²) >= 11 is 1.59. The number of hydrogen-bond acceptors (Lipinski definition) is 4. The molecule has 1 fully saturated rings. The first-order valence-corrected chi connectivity index (χ1v) is 10.1. The van der Waals surface area contributed by atoms with Crippen LogP contribution in [0, 0.1) is 6.92 Å². The Hall–Kier alpha value is -0.430. The zero-order chi connectivity index (χ0) is 15.3. The van der Waals surface area contributed by atoms with Gasteiger partial charge in [0, 0.05) is 29.4 Å². The van der Waals surface area contributed by atoms with E-state index >= 15 is 0 Å². The fourth-order valence-corrected chi connectivity index (χ4v) is 5.77. The van der Waals surface area contributed by atoms with Crippen LogP contribution in [-0.2, 0) is 16.6 Å². The van der Waals surface area contributed by atoms with Gasteiger partial charge >= 0.3 is 0 Å². The van der Waals surface area contributed by atoms with Crippen molar-refractivity contribution < 1.29 is 8.42 Å². The van der Waals surface area contributed by atoms with E-state index in [-0.39, 0.29) is 0 Å². The van der Waals surface area contributed by atoms with Crippen LogP contribution in [0.1, 0.15) is 48.8 Å². The Balaban J connectivity index is 2.15. The molecule has 0 aromatic carbocycles. The Kier molecular flexibility index (Phi) is 6.22. The van der Waals surface area contributed by atoms with E-state index in [0.717, 1.165) is 54.9 Å². The molecule has 0 amide bonds. The van der Waals surface area contributed by atoms with Gasteiger partial charge in [-0.25, -0.2) is 8.42 Å². The van der Waals surface area contributed by atoms with Gasteiger partial charge in [0.1, 0.15) is 0 Å². The normalized spacial score (nSPS) is 17.8. The average molecular weight is 331 g/mol. The molecule has 1 aliphatic rings. The highest BCUT2D eigenvalue weighted by Gasteiger charge is 2.28. The van der Waals surface area contributed by atoms with Crippen molar-refractivity contribution in [3.8, 4) is 0 Å². The molecule has 0 atom stereocenters. The number of aryl methyl sites for hydroxylation is 1. The van der Waals surface area contributed by atoms with E-state index in [4.69, 9.17) is 0 Å². The second-order valence-corrected chi connectivity index (χ2v) is 8.88. The number of nitrogens with zero attached hydrogens (tertiary/aromatic N) is 1. The van der Waals surface area contributed by atoms with E-state index in [9.17, 15) is 8.42 Å². The summed E-state index contributed by atoms with van der Waals surface area (Å²) in [5.41, 5.74) is 0. The molecule has 1 aromatic rings. The third-order valence-electron chi connectivity index (χ3n) is 3.83. The Morgan fingerprint density at radius 1 is 1.24 bits per heavy atom. The molecule has 1 N–H and O–H groups in total. The second-order valence-electron chi connectivity index (χ2n) is 5.63. The van der Waals surface area contributed by atoms with Gasteiger partial charge in [-0.05, 0) is 38.8 Å². The van der Waals surface area contributed by atoms with Crippen LogP contribution in [0.5, 0.6) is 0 Å². The highest BCUT2D eigenvalue weighted by Crippen LogP contribution is 2.29. The molecule has 4 nitrogen and oxygen atoms in total. The highest BCUT2D eigenvalue weighted by atomic mass is 32.2. The lowest BCUT2D eigenvalue weighted by Gasteiger charge is -2.19. The molecule has 120 valence electrons. The summed E-state index contributed by atoms with van der Waals surface area (Å²) in [5, 5.41) is 3.33. The van der Waals surface area contributed by atoms with E-state index in [0.29, 0.717) is 18.0 Å². The van der Waals surface area contributed by atoms with Gasteiger partial charge in [-0.1, -0.05) is 19.8 Å². The van der Waals surface area contributed by atoms with Crippen LogP contribution in [0.3, 0.4) is 0 Å². The fourth-order valence-electron chi connectivity index (χ4n) is 2.68. The van der Waals surface area contributed by atoms with Gasteiger partial charge in [0.25, 0.3) is 0 Å². The van der Waals surface area contributed by atoms with Crippen LogP contribution in [0.2, 0.25) is 0 Å². The lowest BCUT2D eigenvalue weighted by molar-refractivity contribution is 0.423. The van der Waals surface area contributed by atoms with Crippen LogP contribution in [0.4, 0.5) is 0 Å². The van der Waals surface area contributed by atoms with Gasteiger partial charge in [-0.15, -0.1) is 11.3 Å². The van der Waals surface area contributed by atoms with Crippen molar-refractivity contribution in [2.75, 3.05) is 19.6 Å². The maximum atomic E-state index is 12.8. The van der Waals surface area contributed by atoms with E-state index in [1.54, 1.807) is 15.6 Å². The summed E-state index contributed by atoms with van der Waals surface area (Å²) in [7, 11) is -3.31. The summed E-state index contributed by atoms with van der Waals surface area (Å²) in [5.74, 6) is 0. The van der Waals surface area contributed by atoms with Crippen molar-refractivity contribution >= 4 is 21.4 Å². The number of thiophene rings is 1. The SMILES string of the molecule is CCCNCc1cc(S(=O)(=O)N2CCCCCC2)c(C)s1. The molecule has 1 saturated heterocycles. The van der Waals surface area contributed by atoms with Crippen LogP contribution in [-0.4, -0.2) is 32.4 Å². The minimum Gasteiger partial charge on any atom is -0.312 e. The van der Waals surface area contributed by atoms with Crippen molar-refractivity contribution in [2.24, 2.45) is 0 Å². The first kappa shape index (κ1) is 16.9. The molecule has 1 aliphatic heterocycles. The van der Waals surface area contributed by atoms with Gasteiger partial charge in [-0.2, -0.15) is 4.31 Å². The highest BCUT2D eigenvalue weighted by molar-refractivity contribution is 7.89. The van der Waals surface area contributed by atoms with Crippen molar-refractivity contribution in [1.29, 1.82) is 0 Å². The second kappa shape index (κ2) is 7.72. The summed E-state index contributed by atoms with van der Waals surface area (Å²) in [4.78, 5) is 2.53. The Morgan fingerprint density at radius 2 is 1.90 bits per heavy atom. The van der Waals surface area contributed by atoms with E-state index in [1.165, 1.54) is 0 Å². The molecule has 6 heteroatoms. The molecule has 1 aromatic heterocycles. The minimum atomic E-state index is -3.31. The van der Waals surface area contributed by atoms with Gasteiger partial charge < -0.3 is 5.32 Å². The smallest absolute Gasteiger partial charge is 0.244 e. The zero-order valence-electron chi connectivity index (χ0n) is 13.0. The zero-order valence-corrected chi connectivity index (χ0v) is 14.7. The molecule has 0 bridgehead atoms. The quantitative estimate of drug-likeness (QED) is 0.815. The van der Waals surface area contributed by atoms with E-state index < -0.39 is 10.0 Å². The maximum absolute atomic E-state index is 12.8. The monoisotopic (exact) mass is 330 g/mol. The van der Waals surface area contributed by atoms with Crippen LogP contribution < -0.4 is 5.32 Å². The minimum absolute atomic E-state index is 0.516. The fraction of sp³-hybridized carbons (Fsp3) is 0.733. The lowest BCUT2D eigenvalue weighted by Crippen LogP contribution is -2.32. The Bertz CT molecular complexity index is 544. The van der Waals surface area contributed by atoms with Crippen molar-refractivity contribution in [3.63, 3.8) is 0 Å². The molecule has 0 saturated carbocycles. The molecular weight excluding hydrogens is 304 g/mol. The maximum Gasteiger partial charge on any atom is 0.244 e. The number of sulfonamides is 1. The molecule has 2 rings (SSSR count). The third kappa shape index (κ3) is 4.28. The van der Waals surface area contributed by atoms with E-state index in [1.807, 2.05) is 13.0 Å². The molecule has 0 radical (unpaired) electrons. The molecule has 21 heavy (non-hydrogen) atoms. The van der Waals surface area contributed by atoms with Crippen LogP contribution >= 0.6 is 11.3 Å². The van der Waals surface area contributed by atoms with E-state index in [2.05, 4.69) is 12.2 Å². The summed E-state index contributed by atoms with van der Waals surface area (Å²) < 4.78 is 27.3. The predicted molar refractivity (Wildman–Crippen MR) is 88.3 cm³/mol. The van der Waals surface area contributed by atoms with Gasteiger partial charge in [0.2, 0.25) is 10.0 Å². The topological polar surface area (TPSA) is 49.4 Å². The molecular formula is C15H26N2O2S2. The average Bonchev–Trinajstić information content (AvgIpc) is 2.67. The van der Waals surface area contributed by atoms with Crippen LogP contribution in [0.15, 0.2) is 11.0 Å². The Morgan fingerprint density at radius 3 is 2.52 bits per heavy atom. The van der Waals surface area contributed by atoms with Crippen molar-refractivity contribution in [1.82, 2.24) is 9.62 Å². The van der Waals surface area contributed by atoms with Gasteiger partial charge in [0.15, 0.2) is 0 Å². The van der Waals surface area contributed by atoms with Gasteiger partial charge in [0.05, 0.1) is 4.90 Å². The molecule has 2 heterocycles. The van der Waals surface area contributed by atoms with Crippen molar-refractivity contribution in [3.05, 3.63) is 15.8 Å². The Labute approximate surface area is 132 Å². The number of hydrogen-bond donors (Lipinski definition) is 1. The first-order chi connectivity index (χ1) is 10.1. The van der Waals surface area contributed by atoms with Crippen molar-refractivity contribution in [2.45, 2.75) is 57.4 Å². The summed E-state index contributed by atoms with van der Waals surface area (Å²) in [6.07, 6.45) is 5.32. The predicted octanol–water partition coefficient (Wildman–Crippen LogP) is 3.12. The standard InChI is InChI=1S/C15H26N2O2S2/c1-3-8-16-12-14-11-15(13(2)20-14)21(18,19)17-9-6-4-5-7-10-17/h11,16H,3-10,12H2,1-2H3. The first-order valence-electron chi connectivity index (χ1n) is 7.86. The number of nitrogens with one attached hydrogen (secondary N) is 1. The third-order valence-corrected chi connectivity index (χ3v) is 7.04. The largest absolute Gasteiger partial charge is 0.312 e. The summed E-state index contributed by atoms with van der Waals surface area (Å²) in [6.45, 7) is 7.10. The van der Waals surface area contributed by atoms with Crippen LogP contribution in [0.25, 0.3) is 0 Å². The molecule has 0 spiro atoms. The summed E-state index contributed by atoms with van der Waals surface area (Å²) in [6, 6.07) is 1.86. The molecule has 0 unspecified atom stereocenters. The molecule has 0 aliphatic carbocycles.